The SMILES string of the molecule is Brc1ccccn1.CC(C)c1cccc(C(C)C)c1-n1c2ccccc2c2cc(-c3ccccn3)ccc21.CC(C)c1cccc(C(C)C)c1-n1c2ccccc2c2cc(B3OC(C)(C)C(C)(C)O3)ccc21.COc1cccc(OC)c1-c1ccccc1P(C1CCCCC1)C1CCCCC1. The molecule has 2 saturated carbocycles. The van der Waals surface area contributed by atoms with E-state index in [-0.39, 0.29) is 26.2 Å². The lowest BCUT2D eigenvalue weighted by atomic mass is 9.78. The number of nitrogens with zero attached hydrogens (tertiary/aromatic N) is 4. The van der Waals surface area contributed by atoms with Crippen molar-refractivity contribution >= 4 is 85.3 Å². The fourth-order valence-corrected chi connectivity index (χ4v) is 19.8. The number of fused-ring (bicyclic) bond motifs is 6. The van der Waals surface area contributed by atoms with Crippen molar-refractivity contribution in [1.82, 2.24) is 19.1 Å². The Morgan fingerprint density at radius 2 is 0.871 bits per heavy atom. The molecule has 12 aromatic rings. The van der Waals surface area contributed by atoms with E-state index < -0.39 is 0 Å². The molecule has 0 spiro atoms. The van der Waals surface area contributed by atoms with Crippen LogP contribution in [0.2, 0.25) is 0 Å². The van der Waals surface area contributed by atoms with Crippen LogP contribution in [-0.2, 0) is 9.31 Å². The molecule has 0 radical (unpaired) electrons. The molecule has 5 heterocycles. The largest absolute Gasteiger partial charge is 0.496 e. The molecule has 522 valence electrons. The summed E-state index contributed by atoms with van der Waals surface area (Å²) in [6.45, 7) is 26.7. The van der Waals surface area contributed by atoms with Gasteiger partial charge in [-0.25, -0.2) is 4.98 Å². The van der Waals surface area contributed by atoms with Gasteiger partial charge in [-0.3, -0.25) is 4.98 Å². The van der Waals surface area contributed by atoms with Crippen LogP contribution in [0.3, 0.4) is 0 Å². The van der Waals surface area contributed by atoms with Gasteiger partial charge in [0.25, 0.3) is 0 Å². The van der Waals surface area contributed by atoms with E-state index in [2.05, 4.69) is 282 Å². The maximum Gasteiger partial charge on any atom is 0.494 e. The number of benzene rings is 8. The molecule has 0 amide bonds. The van der Waals surface area contributed by atoms with Gasteiger partial charge in [0, 0.05) is 39.5 Å². The Bertz CT molecular complexity index is 4670. The van der Waals surface area contributed by atoms with Crippen LogP contribution in [0.1, 0.15) is 193 Å². The third kappa shape index (κ3) is 15.5. The van der Waals surface area contributed by atoms with Gasteiger partial charge >= 0.3 is 7.12 Å². The lowest BCUT2D eigenvalue weighted by Crippen LogP contribution is -2.41. The Labute approximate surface area is 611 Å². The van der Waals surface area contributed by atoms with Gasteiger partial charge in [-0.2, -0.15) is 0 Å². The summed E-state index contributed by atoms with van der Waals surface area (Å²) in [5.41, 5.74) is 19.9. The fourth-order valence-electron chi connectivity index (χ4n) is 15.6. The Kier molecular flexibility index (Phi) is 23.3. The highest BCUT2D eigenvalue weighted by molar-refractivity contribution is 9.10. The summed E-state index contributed by atoms with van der Waals surface area (Å²) < 4.78 is 30.2. The third-order valence-electron chi connectivity index (χ3n) is 21.4. The maximum atomic E-state index is 6.37. The number of methoxy groups -OCH3 is 2. The highest BCUT2D eigenvalue weighted by Crippen LogP contribution is 2.57. The molecular formula is C90H103BBrN4O4P. The molecule has 0 bridgehead atoms. The molecule has 11 heteroatoms. The number of ether oxygens (including phenoxy) is 2. The van der Waals surface area contributed by atoms with Gasteiger partial charge in [0.15, 0.2) is 0 Å². The Hall–Kier alpha value is -7.85. The molecule has 0 atom stereocenters. The summed E-state index contributed by atoms with van der Waals surface area (Å²) in [7, 11) is 2.99. The van der Waals surface area contributed by atoms with E-state index in [1.54, 1.807) is 25.7 Å². The van der Waals surface area contributed by atoms with Crippen LogP contribution < -0.4 is 20.2 Å². The number of hydrogen-bond acceptors (Lipinski definition) is 6. The lowest BCUT2D eigenvalue weighted by Gasteiger charge is -2.39. The van der Waals surface area contributed by atoms with Gasteiger partial charge in [0.1, 0.15) is 16.1 Å². The van der Waals surface area contributed by atoms with Crippen LogP contribution in [0.25, 0.3) is 77.4 Å². The van der Waals surface area contributed by atoms with Crippen LogP contribution in [0.4, 0.5) is 0 Å². The van der Waals surface area contributed by atoms with Crippen LogP contribution in [0.15, 0.2) is 217 Å². The van der Waals surface area contributed by atoms with E-state index >= 15 is 0 Å². The quantitative estimate of drug-likeness (QED) is 0.0614. The first-order chi connectivity index (χ1) is 48.8. The number of rotatable bonds is 14. The molecule has 4 aromatic heterocycles. The standard InChI is InChI=1S/C30H36BNO2.C29H28N2.C26H35O2P.C5H4BrN/c1-19(2)22-13-11-14-23(20(3)4)28(22)32-26-15-10-9-12-24(26)25-18-21(16-17-27(25)32)31-33-29(5,6)30(7,8)34-31;1-19(2)22-11-9-12-23(20(3)4)29(22)31-27-14-6-5-10-24(27)25-18-21(15-16-28(25)31)26-13-7-8-17-30-26;1-27-23-17-11-18-24(28-2)26(23)22-16-9-10-19-25(22)29(20-12-5-3-6-13-20)21-14-7-4-8-15-21;6-5-3-1-2-4-7-5/h9-20H,1-8H3;5-20H,1-4H3;9-11,16-21H,3-8,12-15H2,1-2H3;1-4H. The Balaban J connectivity index is 0.000000137. The number of halogens is 1. The monoisotopic (exact) mass is 1420 g/mol. The van der Waals surface area contributed by atoms with Crippen LogP contribution in [-0.4, -0.2) is 63.0 Å². The number of pyridine rings is 2. The van der Waals surface area contributed by atoms with E-state index in [0.29, 0.717) is 23.7 Å². The molecule has 2 aliphatic carbocycles. The predicted molar refractivity (Wildman–Crippen MR) is 434 cm³/mol. The van der Waals surface area contributed by atoms with Crippen molar-refractivity contribution < 1.29 is 18.8 Å². The van der Waals surface area contributed by atoms with Crippen molar-refractivity contribution in [2.24, 2.45) is 0 Å². The van der Waals surface area contributed by atoms with Crippen LogP contribution in [0.5, 0.6) is 11.5 Å². The zero-order valence-corrected chi connectivity index (χ0v) is 64.5. The molecule has 1 aliphatic heterocycles. The Morgan fingerprint density at radius 3 is 1.32 bits per heavy atom. The van der Waals surface area contributed by atoms with E-state index in [4.69, 9.17) is 18.8 Å². The molecular weight excluding hydrogens is 1320 g/mol. The highest BCUT2D eigenvalue weighted by atomic mass is 79.9. The second-order valence-corrected chi connectivity index (χ2v) is 33.5. The third-order valence-corrected chi connectivity index (χ3v) is 25.5. The van der Waals surface area contributed by atoms with Crippen molar-refractivity contribution in [3.8, 4) is 45.3 Å². The lowest BCUT2D eigenvalue weighted by molar-refractivity contribution is 0.00578. The molecule has 101 heavy (non-hydrogen) atoms. The first-order valence-electron chi connectivity index (χ1n) is 37.1. The van der Waals surface area contributed by atoms with Crippen molar-refractivity contribution in [1.29, 1.82) is 0 Å². The molecule has 0 N–H and O–H groups in total. The molecule has 3 fully saturated rings. The number of para-hydroxylation sites is 4. The zero-order chi connectivity index (χ0) is 71.1. The highest BCUT2D eigenvalue weighted by Gasteiger charge is 2.52. The summed E-state index contributed by atoms with van der Waals surface area (Å²) in [5.74, 6) is 3.57. The summed E-state index contributed by atoms with van der Waals surface area (Å²) in [6, 6.07) is 71.6. The normalized spacial score (nSPS) is 15.5. The van der Waals surface area contributed by atoms with Gasteiger partial charge in [0.2, 0.25) is 0 Å². The first kappa shape index (κ1) is 72.9. The van der Waals surface area contributed by atoms with E-state index in [1.807, 2.05) is 42.6 Å². The van der Waals surface area contributed by atoms with Gasteiger partial charge in [0.05, 0.1) is 70.1 Å². The summed E-state index contributed by atoms with van der Waals surface area (Å²) >= 11 is 3.20. The van der Waals surface area contributed by atoms with Crippen molar-refractivity contribution in [2.75, 3.05) is 14.2 Å². The summed E-state index contributed by atoms with van der Waals surface area (Å²) in [6.07, 6.45) is 17.8. The van der Waals surface area contributed by atoms with Crippen molar-refractivity contribution in [2.45, 2.75) is 193 Å². The molecule has 0 unspecified atom stereocenters. The van der Waals surface area contributed by atoms with Crippen LogP contribution >= 0.6 is 23.9 Å². The van der Waals surface area contributed by atoms with Gasteiger partial charge in [-0.05, 0) is 210 Å². The van der Waals surface area contributed by atoms with Crippen LogP contribution in [0, 0.1) is 0 Å². The minimum absolute atomic E-state index is 0.182. The summed E-state index contributed by atoms with van der Waals surface area (Å²) in [5, 5.41) is 6.62. The minimum atomic E-state index is -0.370. The molecule has 8 nitrogen and oxygen atoms in total. The van der Waals surface area contributed by atoms with Crippen molar-refractivity contribution in [3.63, 3.8) is 0 Å². The number of aromatic nitrogens is 4. The van der Waals surface area contributed by atoms with E-state index in [1.165, 1.54) is 147 Å². The smallest absolute Gasteiger partial charge is 0.494 e. The predicted octanol–water partition coefficient (Wildman–Crippen LogP) is 24.4. The molecule has 1 saturated heterocycles. The summed E-state index contributed by atoms with van der Waals surface area (Å²) in [4.78, 5) is 8.46. The minimum Gasteiger partial charge on any atom is -0.496 e. The first-order valence-corrected chi connectivity index (χ1v) is 39.3. The number of hydrogen-bond donors (Lipinski definition) is 0. The maximum absolute atomic E-state index is 6.37. The average Bonchev–Trinajstić information content (AvgIpc) is 1.58. The topological polar surface area (TPSA) is 72.6 Å². The molecule has 3 aliphatic rings. The molecule has 15 rings (SSSR count). The zero-order valence-electron chi connectivity index (χ0n) is 62.1. The van der Waals surface area contributed by atoms with Gasteiger partial charge in [-0.1, -0.05) is 235 Å². The van der Waals surface area contributed by atoms with E-state index in [9.17, 15) is 0 Å². The van der Waals surface area contributed by atoms with Gasteiger partial charge in [-0.15, -0.1) is 0 Å². The fraction of sp³-hybridized carbons (Fsp3) is 0.356. The van der Waals surface area contributed by atoms with E-state index in [0.717, 1.165) is 49.7 Å². The van der Waals surface area contributed by atoms with Crippen molar-refractivity contribution in [3.05, 3.63) is 239 Å². The second kappa shape index (κ2) is 32.2. The Morgan fingerprint density at radius 1 is 0.446 bits per heavy atom. The second-order valence-electron chi connectivity index (χ2n) is 29.9. The van der Waals surface area contributed by atoms with Gasteiger partial charge < -0.3 is 27.9 Å². The average molecular weight is 1430 g/mol. The molecule has 8 aromatic carbocycles.